The summed E-state index contributed by atoms with van der Waals surface area (Å²) in [5, 5.41) is 0. The van der Waals surface area contributed by atoms with Crippen molar-refractivity contribution in [2.24, 2.45) is 5.92 Å². The second kappa shape index (κ2) is 10.8. The van der Waals surface area contributed by atoms with E-state index in [-0.39, 0.29) is 24.8 Å². The van der Waals surface area contributed by atoms with E-state index in [0.29, 0.717) is 9.54 Å². The Kier molecular flexibility index (Phi) is 9.36. The van der Waals surface area contributed by atoms with Crippen molar-refractivity contribution in [3.05, 3.63) is 96.9 Å². The number of allylic oxidation sites excluding steroid dienone is 5. The van der Waals surface area contributed by atoms with Gasteiger partial charge in [-0.3, -0.25) is 0 Å². The van der Waals surface area contributed by atoms with Crippen LogP contribution < -0.4 is 0 Å². The third-order valence-electron chi connectivity index (χ3n) is 8.55. The minimum Gasteiger partial charge on any atom is -0.147 e. The van der Waals surface area contributed by atoms with Crippen molar-refractivity contribution >= 4 is 37.3 Å². The van der Waals surface area contributed by atoms with Gasteiger partial charge in [-0.2, -0.15) is 0 Å². The van der Waals surface area contributed by atoms with E-state index in [1.807, 2.05) is 3.28 Å². The van der Waals surface area contributed by atoms with Crippen LogP contribution in [0.3, 0.4) is 0 Å². The maximum absolute atomic E-state index is 3.35. The summed E-state index contributed by atoms with van der Waals surface area (Å²) in [5.41, 5.74) is 12.2. The molecular formula is C30H42Cl2SiZr. The maximum atomic E-state index is 2.71. The molecule has 0 bridgehead atoms. The SMILES string of the molecule is CCCCc1ccccc1C1=C[CH]([Zr]([CH3])([CH3])(=[SiH2])[C]2=C(C)C(C)=C(C)C2C)c2ccccc21.Cl.Cl. The van der Waals surface area contributed by atoms with Crippen LogP contribution in [0.25, 0.3) is 5.57 Å². The van der Waals surface area contributed by atoms with E-state index < -0.39 is 17.4 Å². The first kappa shape index (κ1) is 29.6. The number of benzene rings is 2. The zero-order valence-electron chi connectivity index (χ0n) is 22.0. The summed E-state index contributed by atoms with van der Waals surface area (Å²) in [5.74, 6) is 0.592. The second-order valence-electron chi connectivity index (χ2n) is 11.3. The molecule has 0 saturated heterocycles. The Morgan fingerprint density at radius 2 is 1.44 bits per heavy atom. The molecule has 0 fully saturated rings. The molecule has 2 aliphatic carbocycles. The molecule has 2 aliphatic rings. The third-order valence-corrected chi connectivity index (χ3v) is 25.8. The molecule has 0 saturated carbocycles. The van der Waals surface area contributed by atoms with Crippen LogP contribution in [0, 0.1) is 5.92 Å². The van der Waals surface area contributed by atoms with Gasteiger partial charge in [0.15, 0.2) is 0 Å². The van der Waals surface area contributed by atoms with Gasteiger partial charge in [-0.25, -0.2) is 0 Å². The van der Waals surface area contributed by atoms with Crippen molar-refractivity contribution in [2.45, 2.75) is 66.8 Å². The predicted molar refractivity (Wildman–Crippen MR) is 156 cm³/mol. The molecule has 2 unspecified atom stereocenters. The average molecular weight is 593 g/mol. The number of hydrogen-bond acceptors (Lipinski definition) is 0. The molecule has 0 heterocycles. The van der Waals surface area contributed by atoms with Crippen LogP contribution in [-0.4, -0.2) is 6.88 Å². The van der Waals surface area contributed by atoms with E-state index in [0.717, 1.165) is 0 Å². The van der Waals surface area contributed by atoms with Crippen molar-refractivity contribution < 1.29 is 17.4 Å². The monoisotopic (exact) mass is 590 g/mol. The van der Waals surface area contributed by atoms with E-state index in [9.17, 15) is 0 Å². The minimum atomic E-state index is -3.35. The molecule has 2 atom stereocenters. The van der Waals surface area contributed by atoms with Gasteiger partial charge < -0.3 is 0 Å². The van der Waals surface area contributed by atoms with Crippen molar-refractivity contribution in [3.8, 4) is 0 Å². The molecule has 34 heavy (non-hydrogen) atoms. The third kappa shape index (κ3) is 4.82. The Hall–Kier alpha value is -0.660. The molecule has 2 aromatic carbocycles. The number of unbranched alkanes of at least 4 members (excludes halogenated alkanes) is 1. The van der Waals surface area contributed by atoms with Gasteiger partial charge in [0, 0.05) is 0 Å². The first-order valence-corrected chi connectivity index (χ1v) is 25.9. The fraction of sp³-hybridized carbons (Fsp3) is 0.400. The smallest absolute Gasteiger partial charge is 0.147 e. The molecule has 0 spiro atoms. The molecular weight excluding hydrogens is 551 g/mol. The molecule has 0 aromatic heterocycles. The van der Waals surface area contributed by atoms with Gasteiger partial charge in [-0.05, 0) is 0 Å². The van der Waals surface area contributed by atoms with E-state index in [4.69, 9.17) is 0 Å². The molecule has 4 rings (SSSR count). The molecule has 0 N–H and O–H groups in total. The number of rotatable bonds is 6. The molecule has 184 valence electrons. The summed E-state index contributed by atoms with van der Waals surface area (Å²) < 4.78 is 7.82. The van der Waals surface area contributed by atoms with E-state index >= 15 is 0 Å². The standard InChI is InChI=1S/C19H19.C9H13.2CH3.2ClH.H2Si.Zr/c1-2-3-8-15-9-4-6-11-17(15)19-14-13-16-10-5-7-12-18(16)19;1-6-5-7(2)9(4)8(6)3;;;;;;/h4-7,9-14H,2-3,8H2,1H3;6H,1-4H3;2*1H3;2*1H;1H2;. The second-order valence-corrected chi connectivity index (χ2v) is 40.8. The van der Waals surface area contributed by atoms with Gasteiger partial charge >= 0.3 is 199 Å². The topological polar surface area (TPSA) is 0 Å². The van der Waals surface area contributed by atoms with E-state index in [2.05, 4.69) is 105 Å². The normalized spacial score (nSPS) is 20.1. The van der Waals surface area contributed by atoms with Crippen LogP contribution >= 0.6 is 24.8 Å². The van der Waals surface area contributed by atoms with Crippen LogP contribution in [0.4, 0.5) is 0 Å². The van der Waals surface area contributed by atoms with Gasteiger partial charge in [-0.15, -0.1) is 24.8 Å². The fourth-order valence-electron chi connectivity index (χ4n) is 6.59. The Morgan fingerprint density at radius 1 is 0.853 bits per heavy atom. The summed E-state index contributed by atoms with van der Waals surface area (Å²) in [6.07, 6.45) is 6.36. The Labute approximate surface area is 222 Å². The zero-order valence-corrected chi connectivity index (χ0v) is 27.5. The van der Waals surface area contributed by atoms with Crippen molar-refractivity contribution in [3.63, 3.8) is 0 Å². The number of fused-ring (bicyclic) bond motifs is 1. The van der Waals surface area contributed by atoms with Gasteiger partial charge in [0.2, 0.25) is 0 Å². The predicted octanol–water partition coefficient (Wildman–Crippen LogP) is 8.95. The summed E-state index contributed by atoms with van der Waals surface area (Å²) in [6, 6.07) is 18.4. The first-order valence-electron chi connectivity index (χ1n) is 12.4. The molecule has 2 aromatic rings. The van der Waals surface area contributed by atoms with Gasteiger partial charge in [0.05, 0.1) is 0 Å². The first-order chi connectivity index (χ1) is 15.1. The average Bonchev–Trinajstić information content (AvgIpc) is 3.25. The Morgan fingerprint density at radius 3 is 2.03 bits per heavy atom. The van der Waals surface area contributed by atoms with Crippen LogP contribution in [0.5, 0.6) is 0 Å². The van der Waals surface area contributed by atoms with Crippen molar-refractivity contribution in [2.75, 3.05) is 0 Å². The molecule has 0 aliphatic heterocycles. The van der Waals surface area contributed by atoms with Crippen LogP contribution in [0.1, 0.15) is 73.3 Å². The Bertz CT molecular complexity index is 1240. The molecule has 0 amide bonds. The van der Waals surface area contributed by atoms with Crippen LogP contribution in [0.2, 0.25) is 9.26 Å². The fourth-order valence-corrected chi connectivity index (χ4v) is 25.1. The molecule has 0 nitrogen and oxygen atoms in total. The van der Waals surface area contributed by atoms with E-state index in [1.54, 1.807) is 22.3 Å². The van der Waals surface area contributed by atoms with Crippen LogP contribution in [-0.2, 0) is 23.8 Å². The Balaban J connectivity index is 0.00000204. The van der Waals surface area contributed by atoms with Gasteiger partial charge in [0.1, 0.15) is 0 Å². The number of aryl methyl sites for hydroxylation is 1. The maximum Gasteiger partial charge on any atom is -0.147 e. The molecule has 0 radical (unpaired) electrons. The summed E-state index contributed by atoms with van der Waals surface area (Å²) in [7, 11) is 0. The largest absolute Gasteiger partial charge is 0.147 e. The summed E-state index contributed by atoms with van der Waals surface area (Å²) in [6.45, 7) is 14.3. The van der Waals surface area contributed by atoms with Crippen molar-refractivity contribution in [1.29, 1.82) is 0 Å². The zero-order chi connectivity index (χ0) is 23.3. The summed E-state index contributed by atoms with van der Waals surface area (Å²) >= 11 is -3.35. The van der Waals surface area contributed by atoms with Crippen molar-refractivity contribution in [1.82, 2.24) is 0 Å². The van der Waals surface area contributed by atoms with Gasteiger partial charge in [0.25, 0.3) is 0 Å². The summed E-state index contributed by atoms with van der Waals surface area (Å²) in [4.78, 5) is 0. The number of hydrogen-bond donors (Lipinski definition) is 0. The van der Waals surface area contributed by atoms with Crippen LogP contribution in [0.15, 0.2) is 74.6 Å². The molecule has 4 heteroatoms. The number of halogens is 2. The van der Waals surface area contributed by atoms with E-state index in [1.165, 1.54) is 41.5 Å². The minimum absolute atomic E-state index is 0. The van der Waals surface area contributed by atoms with Gasteiger partial charge in [-0.1, -0.05) is 0 Å². The quantitative estimate of drug-likeness (QED) is 0.294.